The van der Waals surface area contributed by atoms with E-state index in [0.29, 0.717) is 19.3 Å². The molecule has 0 aromatic carbocycles. The molecule has 0 rings (SSSR count). The van der Waals surface area contributed by atoms with E-state index in [-0.39, 0.29) is 44.0 Å². The van der Waals surface area contributed by atoms with Gasteiger partial charge in [-0.15, -0.1) is 0 Å². The van der Waals surface area contributed by atoms with E-state index < -0.39 is 6.10 Å². The predicted molar refractivity (Wildman–Crippen MR) is 288 cm³/mol. The van der Waals surface area contributed by atoms with Crippen molar-refractivity contribution in [2.24, 2.45) is 0 Å². The Balaban J connectivity index is 4.60. The van der Waals surface area contributed by atoms with Gasteiger partial charge < -0.3 is 14.2 Å². The summed E-state index contributed by atoms with van der Waals surface area (Å²) in [5.74, 6) is -1.03. The molecular weight excluding hydrogens is 829 g/mol. The van der Waals surface area contributed by atoms with Crippen molar-refractivity contribution in [3.05, 3.63) is 134 Å². The summed E-state index contributed by atoms with van der Waals surface area (Å²) in [6.45, 7) is 6.36. The second-order valence-corrected chi connectivity index (χ2v) is 17.2. The van der Waals surface area contributed by atoms with Gasteiger partial charge in [0, 0.05) is 19.3 Å². The van der Waals surface area contributed by atoms with Crippen molar-refractivity contribution in [1.82, 2.24) is 0 Å². The lowest BCUT2D eigenvalue weighted by molar-refractivity contribution is -0.167. The number of carbonyl (C=O) groups excluding carboxylic acids is 3. The van der Waals surface area contributed by atoms with E-state index in [2.05, 4.69) is 81.5 Å². The molecule has 67 heavy (non-hydrogen) atoms. The minimum absolute atomic E-state index is 0.118. The summed E-state index contributed by atoms with van der Waals surface area (Å²) in [6.07, 6.45) is 75.7. The molecule has 6 heteroatoms. The Morgan fingerprint density at radius 3 is 1.12 bits per heavy atom. The van der Waals surface area contributed by atoms with Gasteiger partial charge in [0.25, 0.3) is 0 Å². The molecule has 0 N–H and O–H groups in total. The first kappa shape index (κ1) is 62.5. The monoisotopic (exact) mass is 925 g/mol. The Morgan fingerprint density at radius 1 is 0.328 bits per heavy atom. The summed E-state index contributed by atoms with van der Waals surface area (Å²) in [7, 11) is 0. The van der Waals surface area contributed by atoms with E-state index in [9.17, 15) is 14.4 Å². The molecule has 0 fully saturated rings. The van der Waals surface area contributed by atoms with Gasteiger partial charge in [-0.3, -0.25) is 14.4 Å². The molecule has 6 nitrogen and oxygen atoms in total. The third kappa shape index (κ3) is 52.4. The lowest BCUT2D eigenvalue weighted by Crippen LogP contribution is -2.30. The molecule has 0 aromatic heterocycles. The molecule has 0 aliphatic carbocycles. The summed E-state index contributed by atoms with van der Waals surface area (Å²) < 4.78 is 16.7. The third-order valence-electron chi connectivity index (χ3n) is 10.8. The van der Waals surface area contributed by atoms with Gasteiger partial charge in [0.2, 0.25) is 0 Å². The molecule has 376 valence electrons. The van der Waals surface area contributed by atoms with Crippen molar-refractivity contribution < 1.29 is 28.6 Å². The number of allylic oxidation sites excluding steroid dienone is 22. The number of hydrogen-bond donors (Lipinski definition) is 0. The van der Waals surface area contributed by atoms with E-state index in [1.54, 1.807) is 0 Å². The van der Waals surface area contributed by atoms with E-state index in [0.717, 1.165) is 70.6 Å². The second-order valence-electron chi connectivity index (χ2n) is 17.2. The fourth-order valence-corrected chi connectivity index (χ4v) is 6.83. The molecule has 0 saturated carbocycles. The molecule has 0 aromatic rings. The number of esters is 3. The van der Waals surface area contributed by atoms with Crippen molar-refractivity contribution in [2.45, 2.75) is 219 Å². The lowest BCUT2D eigenvalue weighted by Gasteiger charge is -2.18. The first-order valence-electron chi connectivity index (χ1n) is 26.8. The van der Waals surface area contributed by atoms with Gasteiger partial charge in [-0.05, 0) is 77.0 Å². The van der Waals surface area contributed by atoms with Crippen molar-refractivity contribution in [3.8, 4) is 0 Å². The Morgan fingerprint density at radius 2 is 0.657 bits per heavy atom. The van der Waals surface area contributed by atoms with Crippen LogP contribution >= 0.6 is 0 Å². The van der Waals surface area contributed by atoms with Gasteiger partial charge in [-0.1, -0.05) is 251 Å². The van der Waals surface area contributed by atoms with Crippen LogP contribution in [-0.2, 0) is 28.6 Å². The maximum atomic E-state index is 12.8. The largest absolute Gasteiger partial charge is 0.462 e. The molecule has 1 unspecified atom stereocenters. The molecule has 0 saturated heterocycles. The topological polar surface area (TPSA) is 78.9 Å². The van der Waals surface area contributed by atoms with Gasteiger partial charge in [0.1, 0.15) is 13.2 Å². The maximum absolute atomic E-state index is 12.8. The number of carbonyl (C=O) groups is 3. The summed E-state index contributed by atoms with van der Waals surface area (Å²) in [5.41, 5.74) is 0. The molecule has 0 radical (unpaired) electrons. The summed E-state index contributed by atoms with van der Waals surface area (Å²) in [5, 5.41) is 0. The van der Waals surface area contributed by atoms with Crippen LogP contribution in [0.4, 0.5) is 0 Å². The van der Waals surface area contributed by atoms with Crippen molar-refractivity contribution in [1.29, 1.82) is 0 Å². The van der Waals surface area contributed by atoms with Gasteiger partial charge in [0.05, 0.1) is 0 Å². The fourth-order valence-electron chi connectivity index (χ4n) is 6.83. The number of ether oxygens (including phenoxy) is 3. The van der Waals surface area contributed by atoms with Crippen molar-refractivity contribution in [3.63, 3.8) is 0 Å². The minimum Gasteiger partial charge on any atom is -0.462 e. The molecule has 0 spiro atoms. The highest BCUT2D eigenvalue weighted by Gasteiger charge is 2.19. The van der Waals surface area contributed by atoms with E-state index in [1.807, 2.05) is 72.9 Å². The average Bonchev–Trinajstić information content (AvgIpc) is 3.33. The Hall–Kier alpha value is -4.45. The van der Waals surface area contributed by atoms with Gasteiger partial charge in [-0.25, -0.2) is 0 Å². The van der Waals surface area contributed by atoms with E-state index in [4.69, 9.17) is 14.2 Å². The van der Waals surface area contributed by atoms with Crippen LogP contribution in [0.3, 0.4) is 0 Å². The second kappa shape index (κ2) is 54.2. The van der Waals surface area contributed by atoms with E-state index >= 15 is 0 Å². The average molecular weight is 925 g/mol. The zero-order valence-corrected chi connectivity index (χ0v) is 42.9. The zero-order chi connectivity index (χ0) is 48.6. The number of rotatable bonds is 46. The van der Waals surface area contributed by atoms with Crippen LogP contribution in [0.2, 0.25) is 0 Å². The molecule has 0 aliphatic rings. The van der Waals surface area contributed by atoms with Crippen LogP contribution in [-0.4, -0.2) is 37.2 Å². The summed E-state index contributed by atoms with van der Waals surface area (Å²) in [4.78, 5) is 38.0. The first-order valence-corrected chi connectivity index (χ1v) is 26.8. The van der Waals surface area contributed by atoms with Crippen molar-refractivity contribution in [2.75, 3.05) is 13.2 Å². The Labute approximate surface area is 411 Å². The Kier molecular flexibility index (Phi) is 50.6. The fraction of sp³-hybridized carbons (Fsp3) is 0.590. The van der Waals surface area contributed by atoms with Crippen LogP contribution < -0.4 is 0 Å². The standard InChI is InChI=1S/C61H96O6/c1-4-7-10-13-16-19-22-25-27-29-30-32-33-36-39-42-45-48-51-54-60(63)66-57-58(56-65-59(62)53-50-47-44-41-38-35-24-21-18-15-12-9-6-3)67-61(64)55-52-49-46-43-40-37-34-31-28-26-23-20-17-14-11-8-5-2/h7,10,13,16-17,19-20,22,25-30,32-34,36-37,39,43,46,58H,4-6,8-9,11-12,14-15,18,21,23-24,31,35,38,40-42,44-45,47-57H2,1-3H3/b10-7-,16-13-,20-17-,22-19-,27-25-,28-26-,30-29+,33-32-,37-34-,39-36-,46-43-. The van der Waals surface area contributed by atoms with Gasteiger partial charge in [0.15, 0.2) is 6.10 Å². The molecule has 0 heterocycles. The minimum atomic E-state index is -0.829. The molecular formula is C61H96O6. The molecule has 1 atom stereocenters. The van der Waals surface area contributed by atoms with E-state index in [1.165, 1.54) is 89.9 Å². The molecule has 0 amide bonds. The molecule has 0 bridgehead atoms. The van der Waals surface area contributed by atoms with Crippen LogP contribution in [0.1, 0.15) is 213 Å². The highest BCUT2D eigenvalue weighted by Crippen LogP contribution is 2.14. The van der Waals surface area contributed by atoms with Gasteiger partial charge >= 0.3 is 17.9 Å². The quantitative estimate of drug-likeness (QED) is 0.0199. The lowest BCUT2D eigenvalue weighted by atomic mass is 10.0. The normalized spacial score (nSPS) is 13.2. The first-order chi connectivity index (χ1) is 33.0. The third-order valence-corrected chi connectivity index (χ3v) is 10.8. The highest BCUT2D eigenvalue weighted by atomic mass is 16.6. The summed E-state index contributed by atoms with van der Waals surface area (Å²) in [6, 6.07) is 0. The van der Waals surface area contributed by atoms with Crippen LogP contribution in [0, 0.1) is 0 Å². The van der Waals surface area contributed by atoms with Crippen LogP contribution in [0.15, 0.2) is 134 Å². The maximum Gasteiger partial charge on any atom is 0.306 e. The number of unbranched alkanes of at least 4 members (excludes halogenated alkanes) is 19. The SMILES string of the molecule is CC\C=C/C=C\C=C/C=C\C=C\C=C/C=C\CCCCCC(=O)OCC(COC(=O)CCCCCCCCCCCCCCC)OC(=O)CCC/C=C\C/C=C\C/C=C\C/C=C\CCCCC. The number of hydrogen-bond acceptors (Lipinski definition) is 6. The zero-order valence-electron chi connectivity index (χ0n) is 42.9. The Bertz CT molecular complexity index is 1480. The van der Waals surface area contributed by atoms with Crippen molar-refractivity contribution >= 4 is 17.9 Å². The molecule has 0 aliphatic heterocycles. The summed E-state index contributed by atoms with van der Waals surface area (Å²) >= 11 is 0. The van der Waals surface area contributed by atoms with Crippen LogP contribution in [0.25, 0.3) is 0 Å². The predicted octanol–water partition coefficient (Wildman–Crippen LogP) is 17.9. The highest BCUT2D eigenvalue weighted by molar-refractivity contribution is 5.71. The van der Waals surface area contributed by atoms with Crippen LogP contribution in [0.5, 0.6) is 0 Å². The smallest absolute Gasteiger partial charge is 0.306 e. The van der Waals surface area contributed by atoms with Gasteiger partial charge in [-0.2, -0.15) is 0 Å².